The number of nitrogens with one attached hydrogen (secondary N) is 1. The van der Waals surface area contributed by atoms with Crippen LogP contribution in [-0.4, -0.2) is 36.4 Å². The van der Waals surface area contributed by atoms with E-state index in [0.29, 0.717) is 18.3 Å². The Morgan fingerprint density at radius 1 is 1.37 bits per heavy atom. The van der Waals surface area contributed by atoms with Crippen LogP contribution in [0.15, 0.2) is 0 Å². The number of rotatable bonds is 7. The van der Waals surface area contributed by atoms with Crippen molar-refractivity contribution in [1.82, 2.24) is 5.32 Å². The van der Waals surface area contributed by atoms with Crippen LogP contribution in [0, 0.1) is 11.8 Å². The quantitative estimate of drug-likeness (QED) is 0.745. The van der Waals surface area contributed by atoms with Crippen LogP contribution in [0.5, 0.6) is 0 Å². The van der Waals surface area contributed by atoms with E-state index in [9.17, 15) is 4.79 Å². The molecule has 112 valence electrons. The van der Waals surface area contributed by atoms with Crippen molar-refractivity contribution >= 4 is 5.91 Å². The van der Waals surface area contributed by atoms with Gasteiger partial charge in [-0.25, -0.2) is 0 Å². The first kappa shape index (κ1) is 16.4. The lowest BCUT2D eigenvalue weighted by Gasteiger charge is -2.29. The average molecular weight is 271 g/mol. The average Bonchev–Trinajstić information content (AvgIpc) is 2.37. The maximum atomic E-state index is 11.9. The van der Waals surface area contributed by atoms with Gasteiger partial charge < -0.3 is 15.2 Å². The molecule has 1 amide bonds. The molecule has 0 radical (unpaired) electrons. The van der Waals surface area contributed by atoms with E-state index in [-0.39, 0.29) is 31.3 Å². The van der Waals surface area contributed by atoms with Crippen molar-refractivity contribution in [2.45, 2.75) is 65.0 Å². The van der Waals surface area contributed by atoms with Crippen molar-refractivity contribution in [2.24, 2.45) is 11.8 Å². The molecule has 0 spiro atoms. The largest absolute Gasteiger partial charge is 0.396 e. The topological polar surface area (TPSA) is 58.6 Å². The molecule has 1 fully saturated rings. The van der Waals surface area contributed by atoms with Gasteiger partial charge >= 0.3 is 0 Å². The summed E-state index contributed by atoms with van der Waals surface area (Å²) in [6.45, 7) is 6.53. The van der Waals surface area contributed by atoms with Crippen molar-refractivity contribution in [3.8, 4) is 0 Å². The zero-order valence-electron chi connectivity index (χ0n) is 12.5. The highest BCUT2D eigenvalue weighted by Crippen LogP contribution is 2.26. The molecular weight excluding hydrogens is 242 g/mol. The van der Waals surface area contributed by atoms with Crippen LogP contribution in [0.4, 0.5) is 0 Å². The van der Waals surface area contributed by atoms with Gasteiger partial charge in [0, 0.05) is 12.6 Å². The molecule has 3 atom stereocenters. The summed E-state index contributed by atoms with van der Waals surface area (Å²) in [7, 11) is 0. The Morgan fingerprint density at radius 3 is 2.63 bits per heavy atom. The Labute approximate surface area is 116 Å². The standard InChI is InChI=1S/C15H29NO3/c1-11(2)13(8-9-17)16-15(18)10-19-14-7-5-4-6-12(14)3/h11-14,17H,4-10H2,1-3H3,(H,16,18). The van der Waals surface area contributed by atoms with Crippen LogP contribution < -0.4 is 5.32 Å². The third-order valence-electron chi connectivity index (χ3n) is 4.05. The molecule has 19 heavy (non-hydrogen) atoms. The summed E-state index contributed by atoms with van der Waals surface area (Å²) in [4.78, 5) is 11.9. The maximum Gasteiger partial charge on any atom is 0.246 e. The van der Waals surface area contributed by atoms with E-state index in [0.717, 1.165) is 6.42 Å². The lowest BCUT2D eigenvalue weighted by Crippen LogP contribution is -2.42. The van der Waals surface area contributed by atoms with E-state index in [1.165, 1.54) is 19.3 Å². The third-order valence-corrected chi connectivity index (χ3v) is 4.05. The van der Waals surface area contributed by atoms with Gasteiger partial charge in [0.2, 0.25) is 5.91 Å². The predicted molar refractivity (Wildman–Crippen MR) is 75.8 cm³/mol. The number of ether oxygens (including phenoxy) is 1. The zero-order valence-corrected chi connectivity index (χ0v) is 12.5. The fourth-order valence-electron chi connectivity index (χ4n) is 2.67. The molecule has 2 N–H and O–H groups in total. The molecule has 0 heterocycles. The molecule has 0 aromatic heterocycles. The fraction of sp³-hybridized carbons (Fsp3) is 0.933. The monoisotopic (exact) mass is 271 g/mol. The van der Waals surface area contributed by atoms with Crippen LogP contribution in [0.2, 0.25) is 0 Å². The second kappa shape index (κ2) is 8.54. The van der Waals surface area contributed by atoms with Gasteiger partial charge in [-0.3, -0.25) is 4.79 Å². The Kier molecular flexibility index (Phi) is 7.39. The number of carbonyl (C=O) groups is 1. The molecule has 4 nitrogen and oxygen atoms in total. The van der Waals surface area contributed by atoms with Crippen LogP contribution in [0.25, 0.3) is 0 Å². The minimum absolute atomic E-state index is 0.0323. The van der Waals surface area contributed by atoms with Gasteiger partial charge in [0.05, 0.1) is 6.10 Å². The number of aliphatic hydroxyl groups excluding tert-OH is 1. The molecule has 0 saturated heterocycles. The molecule has 4 heteroatoms. The summed E-state index contributed by atoms with van der Waals surface area (Å²) in [5.74, 6) is 0.814. The van der Waals surface area contributed by atoms with Crippen LogP contribution >= 0.6 is 0 Å². The highest BCUT2D eigenvalue weighted by molar-refractivity contribution is 5.77. The first-order valence-electron chi connectivity index (χ1n) is 7.56. The lowest BCUT2D eigenvalue weighted by atomic mass is 9.88. The molecule has 1 rings (SSSR count). The van der Waals surface area contributed by atoms with E-state index < -0.39 is 0 Å². The van der Waals surface area contributed by atoms with Crippen molar-refractivity contribution in [2.75, 3.05) is 13.2 Å². The number of amides is 1. The molecule has 0 aromatic carbocycles. The smallest absolute Gasteiger partial charge is 0.246 e. The summed E-state index contributed by atoms with van der Waals surface area (Å²) in [5, 5.41) is 11.9. The van der Waals surface area contributed by atoms with Crippen molar-refractivity contribution in [3.63, 3.8) is 0 Å². The third kappa shape index (κ3) is 5.91. The number of hydrogen-bond donors (Lipinski definition) is 2. The van der Waals surface area contributed by atoms with Crippen molar-refractivity contribution < 1.29 is 14.6 Å². The number of aliphatic hydroxyl groups is 1. The van der Waals surface area contributed by atoms with Gasteiger partial charge in [0.1, 0.15) is 6.61 Å². The Hall–Kier alpha value is -0.610. The van der Waals surface area contributed by atoms with Crippen molar-refractivity contribution in [3.05, 3.63) is 0 Å². The second-order valence-corrected chi connectivity index (χ2v) is 6.04. The van der Waals surface area contributed by atoms with Gasteiger partial charge in [0.25, 0.3) is 0 Å². The minimum atomic E-state index is -0.0649. The minimum Gasteiger partial charge on any atom is -0.396 e. The normalized spacial score (nSPS) is 25.3. The zero-order chi connectivity index (χ0) is 14.3. The van der Waals surface area contributed by atoms with E-state index in [4.69, 9.17) is 9.84 Å². The maximum absolute atomic E-state index is 11.9. The Morgan fingerprint density at radius 2 is 2.05 bits per heavy atom. The van der Waals surface area contributed by atoms with Crippen LogP contribution in [0.3, 0.4) is 0 Å². The first-order chi connectivity index (χ1) is 9.04. The molecule has 3 unspecified atom stereocenters. The van der Waals surface area contributed by atoms with E-state index in [1.807, 2.05) is 13.8 Å². The van der Waals surface area contributed by atoms with Gasteiger partial charge in [-0.2, -0.15) is 0 Å². The second-order valence-electron chi connectivity index (χ2n) is 6.04. The molecular formula is C15H29NO3. The molecule has 0 aromatic rings. The molecule has 1 saturated carbocycles. The van der Waals surface area contributed by atoms with Crippen LogP contribution in [-0.2, 0) is 9.53 Å². The summed E-state index contributed by atoms with van der Waals surface area (Å²) in [6, 6.07) is 0.0323. The van der Waals surface area contributed by atoms with Gasteiger partial charge in [-0.05, 0) is 31.1 Å². The Bertz CT molecular complexity index is 268. The summed E-state index contributed by atoms with van der Waals surface area (Å²) >= 11 is 0. The molecule has 0 bridgehead atoms. The number of carbonyl (C=O) groups excluding carboxylic acids is 1. The molecule has 1 aliphatic carbocycles. The predicted octanol–water partition coefficient (Wildman–Crippen LogP) is 2.10. The Balaban J connectivity index is 2.29. The van der Waals surface area contributed by atoms with Gasteiger partial charge in [-0.15, -0.1) is 0 Å². The summed E-state index contributed by atoms with van der Waals surface area (Å²) < 4.78 is 5.74. The van der Waals surface area contributed by atoms with Gasteiger partial charge in [-0.1, -0.05) is 33.6 Å². The van der Waals surface area contributed by atoms with E-state index >= 15 is 0 Å². The van der Waals surface area contributed by atoms with E-state index in [1.54, 1.807) is 0 Å². The number of hydrogen-bond acceptors (Lipinski definition) is 3. The SMILES string of the molecule is CC(C)C(CCO)NC(=O)COC1CCCCC1C. The molecule has 1 aliphatic rings. The van der Waals surface area contributed by atoms with Crippen LogP contribution in [0.1, 0.15) is 52.9 Å². The lowest BCUT2D eigenvalue weighted by molar-refractivity contribution is -0.130. The first-order valence-corrected chi connectivity index (χ1v) is 7.56. The highest BCUT2D eigenvalue weighted by atomic mass is 16.5. The van der Waals surface area contributed by atoms with Gasteiger partial charge in [0.15, 0.2) is 0 Å². The summed E-state index contributed by atoms with van der Waals surface area (Å²) in [6.07, 6.45) is 5.58. The summed E-state index contributed by atoms with van der Waals surface area (Å²) in [5.41, 5.74) is 0. The van der Waals surface area contributed by atoms with E-state index in [2.05, 4.69) is 12.2 Å². The fourth-order valence-corrected chi connectivity index (χ4v) is 2.67. The highest BCUT2D eigenvalue weighted by Gasteiger charge is 2.23. The van der Waals surface area contributed by atoms with Crippen molar-refractivity contribution in [1.29, 1.82) is 0 Å². The molecule has 0 aliphatic heterocycles.